The molecule has 5 atom stereocenters. The van der Waals surface area contributed by atoms with Gasteiger partial charge in [-0.3, -0.25) is 14.4 Å². The van der Waals surface area contributed by atoms with Crippen LogP contribution < -0.4 is 9.64 Å². The van der Waals surface area contributed by atoms with Crippen LogP contribution in [0.1, 0.15) is 19.3 Å². The molecule has 5 rings (SSSR count). The van der Waals surface area contributed by atoms with Gasteiger partial charge in [0.2, 0.25) is 5.91 Å². The molecule has 0 bridgehead atoms. The number of allylic oxidation sites excluding steroid dienone is 1. The number of hydrogen-bond donors (Lipinski definition) is 1. The van der Waals surface area contributed by atoms with Crippen LogP contribution in [-0.2, 0) is 23.9 Å². The Bertz CT molecular complexity index is 1050. The van der Waals surface area contributed by atoms with Gasteiger partial charge in [0.05, 0.1) is 25.7 Å². The molecule has 0 radical (unpaired) electrons. The van der Waals surface area contributed by atoms with Crippen LogP contribution in [0, 0.1) is 11.8 Å². The number of benzene rings is 1. The molecule has 1 unspecified atom stereocenters. The van der Waals surface area contributed by atoms with Crippen LogP contribution >= 0.6 is 0 Å². The van der Waals surface area contributed by atoms with Gasteiger partial charge in [-0.2, -0.15) is 0 Å². The lowest BCUT2D eigenvalue weighted by Gasteiger charge is -2.35. The molecule has 2 amide bonds. The number of carbonyl (C=O) groups is 3. The second-order valence-corrected chi connectivity index (χ2v) is 9.24. The number of fused-ring (bicyclic) bond motifs is 2. The van der Waals surface area contributed by atoms with Crippen molar-refractivity contribution in [2.45, 2.75) is 37.0 Å². The van der Waals surface area contributed by atoms with Crippen molar-refractivity contribution >= 4 is 23.5 Å². The van der Waals surface area contributed by atoms with Crippen LogP contribution in [0.2, 0.25) is 0 Å². The largest absolute Gasteiger partial charge is 0.497 e. The summed E-state index contributed by atoms with van der Waals surface area (Å²) in [5.74, 6) is -2.16. The first kappa shape index (κ1) is 23.6. The third-order valence-electron chi connectivity index (χ3n) is 7.29. The van der Waals surface area contributed by atoms with Gasteiger partial charge in [0.1, 0.15) is 23.3 Å². The number of hydrogen-bond acceptors (Lipinski definition) is 7. The zero-order valence-electron chi connectivity index (χ0n) is 19.7. The number of carbonyl (C=O) groups excluding carboxylic acids is 3. The molecule has 2 fully saturated rings. The number of aliphatic hydroxyl groups excluding tert-OH is 1. The van der Waals surface area contributed by atoms with Crippen LogP contribution in [0.5, 0.6) is 5.75 Å². The molecule has 9 heteroatoms. The Morgan fingerprint density at radius 3 is 2.69 bits per heavy atom. The van der Waals surface area contributed by atoms with Crippen molar-refractivity contribution in [1.82, 2.24) is 4.90 Å². The summed E-state index contributed by atoms with van der Waals surface area (Å²) in [5, 5.41) is 9.47. The molecule has 4 heterocycles. The highest BCUT2D eigenvalue weighted by Crippen LogP contribution is 2.53. The summed E-state index contributed by atoms with van der Waals surface area (Å²) in [6, 6.07) is 6.17. The summed E-state index contributed by atoms with van der Waals surface area (Å²) in [5.41, 5.74) is -0.641. The van der Waals surface area contributed by atoms with Crippen LogP contribution in [0.4, 0.5) is 5.69 Å². The van der Waals surface area contributed by atoms with E-state index in [-0.39, 0.29) is 38.1 Å². The number of aliphatic hydroxyl groups is 1. The lowest BCUT2D eigenvalue weighted by Crippen LogP contribution is -2.55. The second-order valence-electron chi connectivity index (χ2n) is 9.24. The van der Waals surface area contributed by atoms with E-state index >= 15 is 0 Å². The topological polar surface area (TPSA) is 106 Å². The number of amides is 2. The van der Waals surface area contributed by atoms with E-state index in [9.17, 15) is 19.5 Å². The van der Waals surface area contributed by atoms with E-state index in [1.165, 1.54) is 4.90 Å². The van der Waals surface area contributed by atoms with E-state index in [0.717, 1.165) is 6.42 Å². The van der Waals surface area contributed by atoms with E-state index in [1.54, 1.807) is 42.4 Å². The molecule has 2 saturated heterocycles. The van der Waals surface area contributed by atoms with E-state index in [4.69, 9.17) is 14.2 Å². The number of likely N-dealkylation sites (tertiary alicyclic amines) is 1. The highest BCUT2D eigenvalue weighted by Gasteiger charge is 2.71. The standard InChI is InChI=1S/C26H30N2O7/c1-33-18-10-8-17(9-11-18)27-13-5-12-26-21(23(30)28(14-6-15-29)22(26)24(27)31)20-19(35-26)7-3-2-4-16-34-25(20)32/h3,5,7-12,19-22,29H,2,4,6,13-16H2,1H3/b7-3-/t19-,20+,21-,22?,26-/m0/s1. The summed E-state index contributed by atoms with van der Waals surface area (Å²) in [6.07, 6.45) is 8.48. The maximum absolute atomic E-state index is 14.1. The Hall–Kier alpha value is -3.17. The lowest BCUT2D eigenvalue weighted by molar-refractivity contribution is -0.154. The fourth-order valence-electron chi connectivity index (χ4n) is 5.73. The van der Waals surface area contributed by atoms with Crippen LogP contribution in [0.25, 0.3) is 0 Å². The lowest BCUT2D eigenvalue weighted by atomic mass is 9.78. The van der Waals surface area contributed by atoms with Gasteiger partial charge >= 0.3 is 5.97 Å². The number of anilines is 1. The quantitative estimate of drug-likeness (QED) is 0.500. The normalized spacial score (nSPS) is 33.1. The number of esters is 1. The molecule has 0 aliphatic carbocycles. The van der Waals surface area contributed by atoms with Crippen molar-refractivity contribution < 1.29 is 33.7 Å². The van der Waals surface area contributed by atoms with E-state index < -0.39 is 35.6 Å². The minimum absolute atomic E-state index is 0.127. The average molecular weight is 483 g/mol. The van der Waals surface area contributed by atoms with E-state index in [2.05, 4.69) is 0 Å². The second kappa shape index (κ2) is 9.47. The third-order valence-corrected chi connectivity index (χ3v) is 7.29. The molecular weight excluding hydrogens is 452 g/mol. The highest BCUT2D eigenvalue weighted by molar-refractivity contribution is 6.05. The van der Waals surface area contributed by atoms with Gasteiger partial charge in [0.25, 0.3) is 5.91 Å². The average Bonchev–Trinajstić information content (AvgIpc) is 3.27. The number of ether oxygens (including phenoxy) is 3. The molecule has 4 aliphatic rings. The summed E-state index contributed by atoms with van der Waals surface area (Å²) >= 11 is 0. The van der Waals surface area contributed by atoms with Crippen molar-refractivity contribution in [1.29, 1.82) is 0 Å². The number of methoxy groups -OCH3 is 1. The Morgan fingerprint density at radius 1 is 1.14 bits per heavy atom. The molecule has 1 spiro atoms. The van der Waals surface area contributed by atoms with Crippen molar-refractivity contribution in [2.75, 3.05) is 38.3 Å². The van der Waals surface area contributed by atoms with Gasteiger partial charge in [-0.05, 0) is 43.5 Å². The fraction of sp³-hybridized carbons (Fsp3) is 0.500. The molecule has 186 valence electrons. The summed E-state index contributed by atoms with van der Waals surface area (Å²) in [4.78, 5) is 44.1. The summed E-state index contributed by atoms with van der Waals surface area (Å²) in [6.45, 7) is 0.618. The van der Waals surface area contributed by atoms with Crippen molar-refractivity contribution in [3.63, 3.8) is 0 Å². The molecule has 0 aromatic heterocycles. The first-order valence-electron chi connectivity index (χ1n) is 12.1. The fourth-order valence-corrected chi connectivity index (χ4v) is 5.73. The smallest absolute Gasteiger partial charge is 0.312 e. The first-order valence-corrected chi connectivity index (χ1v) is 12.1. The summed E-state index contributed by atoms with van der Waals surface area (Å²) in [7, 11) is 1.57. The Morgan fingerprint density at radius 2 is 1.94 bits per heavy atom. The summed E-state index contributed by atoms with van der Waals surface area (Å²) < 4.78 is 17.3. The van der Waals surface area contributed by atoms with Gasteiger partial charge in [-0.1, -0.05) is 24.3 Å². The van der Waals surface area contributed by atoms with Crippen LogP contribution in [0.3, 0.4) is 0 Å². The van der Waals surface area contributed by atoms with Gasteiger partial charge in [0.15, 0.2) is 0 Å². The molecule has 9 nitrogen and oxygen atoms in total. The third kappa shape index (κ3) is 3.83. The maximum Gasteiger partial charge on any atom is 0.312 e. The minimum Gasteiger partial charge on any atom is -0.497 e. The monoisotopic (exact) mass is 482 g/mol. The van der Waals surface area contributed by atoms with Gasteiger partial charge in [-0.15, -0.1) is 0 Å². The Kier molecular flexibility index (Phi) is 6.37. The minimum atomic E-state index is -1.30. The maximum atomic E-state index is 14.1. The van der Waals surface area contributed by atoms with Gasteiger partial charge in [0, 0.05) is 25.4 Å². The molecule has 1 N–H and O–H groups in total. The van der Waals surface area contributed by atoms with E-state index in [1.807, 2.05) is 18.2 Å². The first-order chi connectivity index (χ1) is 17.0. The zero-order chi connectivity index (χ0) is 24.6. The number of cyclic esters (lactones) is 1. The Balaban J connectivity index is 1.58. The van der Waals surface area contributed by atoms with Crippen LogP contribution in [-0.4, -0.2) is 79.0 Å². The molecule has 35 heavy (non-hydrogen) atoms. The molecular formula is C26H30N2O7. The van der Waals surface area contributed by atoms with Gasteiger partial charge in [-0.25, -0.2) is 0 Å². The predicted octanol–water partition coefficient (Wildman–Crippen LogP) is 1.45. The number of nitrogens with zero attached hydrogens (tertiary/aromatic N) is 2. The van der Waals surface area contributed by atoms with E-state index in [0.29, 0.717) is 24.3 Å². The van der Waals surface area contributed by atoms with Crippen molar-refractivity contribution in [3.8, 4) is 5.75 Å². The van der Waals surface area contributed by atoms with Gasteiger partial charge < -0.3 is 29.1 Å². The highest BCUT2D eigenvalue weighted by atomic mass is 16.6. The van der Waals surface area contributed by atoms with Crippen molar-refractivity contribution in [2.24, 2.45) is 11.8 Å². The predicted molar refractivity (Wildman–Crippen MR) is 126 cm³/mol. The molecule has 0 saturated carbocycles. The SMILES string of the molecule is COc1ccc(N2CC=C[C@]34O[C@H]5/C=C\CCCOC(=O)[C@H]5[C@H]3C(=O)N(CCCO)C4C2=O)cc1. The molecule has 4 aliphatic heterocycles. The Labute approximate surface area is 203 Å². The molecule has 1 aromatic rings. The van der Waals surface area contributed by atoms with Crippen LogP contribution in [0.15, 0.2) is 48.6 Å². The molecule has 1 aromatic carbocycles. The van der Waals surface area contributed by atoms with Crippen molar-refractivity contribution in [3.05, 3.63) is 48.6 Å². The number of rotatable bonds is 5. The zero-order valence-corrected chi connectivity index (χ0v) is 19.7.